The molecule has 0 fully saturated rings. The molecule has 0 saturated carbocycles. The fourth-order valence-corrected chi connectivity index (χ4v) is 2.13. The molecule has 8 heteroatoms. The monoisotopic (exact) mass is 389 g/mol. The number of nitrogens with zero attached hydrogens (tertiary/aromatic N) is 1. The molecule has 0 aliphatic rings. The number of hydrazone groups is 1. The Morgan fingerprint density at radius 3 is 2.63 bits per heavy atom. The number of carbonyl (C=O) groups excluding carboxylic acids is 2. The zero-order valence-corrected chi connectivity index (χ0v) is 15.0. The quantitative estimate of drug-likeness (QED) is 0.331. The lowest BCUT2D eigenvalue weighted by atomic mass is 10.2. The van der Waals surface area contributed by atoms with Gasteiger partial charge in [0, 0.05) is 17.1 Å². The second-order valence-corrected chi connectivity index (χ2v) is 5.73. The van der Waals surface area contributed by atoms with Crippen molar-refractivity contribution in [1.82, 2.24) is 10.7 Å². The summed E-state index contributed by atoms with van der Waals surface area (Å²) in [6.07, 6.45) is 2.76. The van der Waals surface area contributed by atoms with E-state index < -0.39 is 11.8 Å². The molecule has 2 aromatic rings. The highest BCUT2D eigenvalue weighted by molar-refractivity contribution is 6.35. The second kappa shape index (κ2) is 10.1. The van der Waals surface area contributed by atoms with Crippen LogP contribution in [0.25, 0.3) is 0 Å². The van der Waals surface area contributed by atoms with Crippen molar-refractivity contribution in [1.29, 1.82) is 0 Å². The first-order valence-corrected chi connectivity index (χ1v) is 8.26. The molecule has 2 amide bonds. The molecule has 0 aromatic heterocycles. The average molecular weight is 390 g/mol. The minimum absolute atomic E-state index is 0.172. The van der Waals surface area contributed by atoms with Gasteiger partial charge in [0.25, 0.3) is 0 Å². The fourth-order valence-electron chi connectivity index (χ4n) is 1.95. The molecule has 2 N–H and O–H groups in total. The van der Waals surface area contributed by atoms with E-state index in [4.69, 9.17) is 16.3 Å². The van der Waals surface area contributed by atoms with Gasteiger partial charge in [-0.1, -0.05) is 29.8 Å². The van der Waals surface area contributed by atoms with Gasteiger partial charge in [0.1, 0.15) is 18.2 Å². The first-order chi connectivity index (χ1) is 13.0. The summed E-state index contributed by atoms with van der Waals surface area (Å²) in [5, 5.41) is 6.51. The van der Waals surface area contributed by atoms with Gasteiger partial charge in [-0.25, -0.2) is 9.82 Å². The molecule has 0 radical (unpaired) electrons. The molecule has 0 aliphatic heterocycles. The van der Waals surface area contributed by atoms with Crippen LogP contribution in [0.4, 0.5) is 4.39 Å². The summed E-state index contributed by atoms with van der Waals surface area (Å²) >= 11 is 5.98. The third kappa shape index (κ3) is 6.56. The van der Waals surface area contributed by atoms with Crippen LogP contribution in [-0.2, 0) is 16.2 Å². The van der Waals surface area contributed by atoms with E-state index >= 15 is 0 Å². The predicted molar refractivity (Wildman–Crippen MR) is 101 cm³/mol. The van der Waals surface area contributed by atoms with E-state index in [9.17, 15) is 14.0 Å². The maximum absolute atomic E-state index is 12.9. The Hall–Kier alpha value is -3.19. The van der Waals surface area contributed by atoms with Gasteiger partial charge in [0.15, 0.2) is 0 Å². The van der Waals surface area contributed by atoms with Crippen LogP contribution in [0.15, 0.2) is 60.2 Å². The summed E-state index contributed by atoms with van der Waals surface area (Å²) in [7, 11) is 0. The van der Waals surface area contributed by atoms with Gasteiger partial charge in [0.05, 0.1) is 6.21 Å². The molecule has 27 heavy (non-hydrogen) atoms. The van der Waals surface area contributed by atoms with Crippen LogP contribution < -0.4 is 15.5 Å². The Morgan fingerprint density at radius 1 is 1.19 bits per heavy atom. The highest BCUT2D eigenvalue weighted by Crippen LogP contribution is 2.22. The van der Waals surface area contributed by atoms with Gasteiger partial charge in [-0.15, -0.1) is 6.58 Å². The van der Waals surface area contributed by atoms with Crippen molar-refractivity contribution in [2.24, 2.45) is 5.10 Å². The lowest BCUT2D eigenvalue weighted by molar-refractivity contribution is -0.139. The van der Waals surface area contributed by atoms with Crippen LogP contribution in [-0.4, -0.2) is 24.6 Å². The summed E-state index contributed by atoms with van der Waals surface area (Å²) in [6, 6.07) is 10.8. The van der Waals surface area contributed by atoms with Crippen LogP contribution >= 0.6 is 11.6 Å². The number of hydrogen-bond donors (Lipinski definition) is 2. The number of benzene rings is 2. The van der Waals surface area contributed by atoms with Crippen molar-refractivity contribution in [2.75, 3.05) is 6.54 Å². The van der Waals surface area contributed by atoms with E-state index in [-0.39, 0.29) is 19.0 Å². The predicted octanol–water partition coefficient (Wildman–Crippen LogP) is 2.81. The van der Waals surface area contributed by atoms with Crippen LogP contribution in [0.3, 0.4) is 0 Å². The first kappa shape index (κ1) is 20.1. The normalized spacial score (nSPS) is 10.4. The number of hydrogen-bond acceptors (Lipinski definition) is 4. The van der Waals surface area contributed by atoms with Crippen molar-refractivity contribution in [3.63, 3.8) is 0 Å². The maximum Gasteiger partial charge on any atom is 0.329 e. The van der Waals surface area contributed by atoms with E-state index in [1.807, 2.05) is 0 Å². The number of nitrogens with one attached hydrogen (secondary N) is 2. The van der Waals surface area contributed by atoms with Gasteiger partial charge >= 0.3 is 11.8 Å². The van der Waals surface area contributed by atoms with Gasteiger partial charge in [0.2, 0.25) is 0 Å². The van der Waals surface area contributed by atoms with Crippen LogP contribution in [0.2, 0.25) is 5.02 Å². The minimum atomic E-state index is -0.913. The van der Waals surface area contributed by atoms with Gasteiger partial charge < -0.3 is 10.1 Å². The van der Waals surface area contributed by atoms with Gasteiger partial charge in [-0.05, 0) is 35.9 Å². The smallest absolute Gasteiger partial charge is 0.329 e. The molecule has 0 aliphatic carbocycles. The zero-order chi connectivity index (χ0) is 19.6. The van der Waals surface area contributed by atoms with Crippen molar-refractivity contribution < 1.29 is 18.7 Å². The molecule has 140 valence electrons. The van der Waals surface area contributed by atoms with Crippen LogP contribution in [0.1, 0.15) is 11.1 Å². The van der Waals surface area contributed by atoms with Crippen LogP contribution in [0, 0.1) is 5.82 Å². The highest BCUT2D eigenvalue weighted by Gasteiger charge is 2.11. The summed E-state index contributed by atoms with van der Waals surface area (Å²) in [4.78, 5) is 23.0. The van der Waals surface area contributed by atoms with Crippen molar-refractivity contribution in [3.8, 4) is 5.75 Å². The average Bonchev–Trinajstić information content (AvgIpc) is 2.66. The molecule has 0 heterocycles. The van der Waals surface area contributed by atoms with Crippen molar-refractivity contribution in [3.05, 3.63) is 77.1 Å². The number of rotatable bonds is 7. The van der Waals surface area contributed by atoms with Gasteiger partial charge in [-0.3, -0.25) is 9.59 Å². The molecular weight excluding hydrogens is 373 g/mol. The zero-order valence-electron chi connectivity index (χ0n) is 14.2. The van der Waals surface area contributed by atoms with E-state index in [1.54, 1.807) is 30.3 Å². The lowest BCUT2D eigenvalue weighted by Crippen LogP contribution is -2.37. The SMILES string of the molecule is C=CCNC(=O)C(=O)N/N=C\c1cc(Cl)ccc1OCc1ccc(F)cc1. The minimum Gasteiger partial charge on any atom is -0.488 e. The summed E-state index contributed by atoms with van der Waals surface area (Å²) < 4.78 is 18.6. The molecular formula is C19H17ClFN3O3. The third-order valence-corrected chi connectivity index (χ3v) is 3.50. The molecule has 0 saturated heterocycles. The summed E-state index contributed by atoms with van der Waals surface area (Å²) in [5.74, 6) is -1.61. The van der Waals surface area contributed by atoms with E-state index in [1.165, 1.54) is 24.4 Å². The highest BCUT2D eigenvalue weighted by atomic mass is 35.5. The third-order valence-electron chi connectivity index (χ3n) is 3.26. The first-order valence-electron chi connectivity index (χ1n) is 7.88. The van der Waals surface area contributed by atoms with Crippen LogP contribution in [0.5, 0.6) is 5.75 Å². The molecule has 0 spiro atoms. The van der Waals surface area contributed by atoms with E-state index in [0.717, 1.165) is 5.56 Å². The van der Waals surface area contributed by atoms with E-state index in [2.05, 4.69) is 22.4 Å². The second-order valence-electron chi connectivity index (χ2n) is 5.30. The van der Waals surface area contributed by atoms with Crippen molar-refractivity contribution >= 4 is 29.6 Å². The van der Waals surface area contributed by atoms with E-state index in [0.29, 0.717) is 16.3 Å². The number of halogens is 2. The maximum atomic E-state index is 12.9. The number of carbonyl (C=O) groups is 2. The Labute approximate surface area is 160 Å². The molecule has 0 atom stereocenters. The van der Waals surface area contributed by atoms with Gasteiger partial charge in [-0.2, -0.15) is 5.10 Å². The molecule has 2 rings (SSSR count). The number of amides is 2. The lowest BCUT2D eigenvalue weighted by Gasteiger charge is -2.09. The van der Waals surface area contributed by atoms with Crippen molar-refractivity contribution in [2.45, 2.75) is 6.61 Å². The fraction of sp³-hybridized carbons (Fsp3) is 0.105. The molecule has 0 bridgehead atoms. The Kier molecular flexibility index (Phi) is 7.51. The topological polar surface area (TPSA) is 79.8 Å². The molecule has 0 unspecified atom stereocenters. The molecule has 2 aromatic carbocycles. The standard InChI is InChI=1S/C19H17ClFN3O3/c1-2-9-22-18(25)19(26)24-23-11-14-10-15(20)5-8-17(14)27-12-13-3-6-16(21)7-4-13/h2-8,10-11H,1,9,12H2,(H,22,25)(H,24,26)/b23-11-. The Bertz CT molecular complexity index is 854. The Balaban J connectivity index is 2.02. The largest absolute Gasteiger partial charge is 0.488 e. The Morgan fingerprint density at radius 2 is 1.93 bits per heavy atom. The summed E-state index contributed by atoms with van der Waals surface area (Å²) in [5.41, 5.74) is 3.39. The molecule has 6 nitrogen and oxygen atoms in total. The summed E-state index contributed by atoms with van der Waals surface area (Å²) in [6.45, 7) is 3.81. The number of ether oxygens (including phenoxy) is 1.